The zero-order valence-corrected chi connectivity index (χ0v) is 17.8. The van der Waals surface area contributed by atoms with Crippen LogP contribution in [-0.2, 0) is 14.8 Å². The van der Waals surface area contributed by atoms with Crippen molar-refractivity contribution in [3.8, 4) is 11.1 Å². The van der Waals surface area contributed by atoms with Gasteiger partial charge < -0.3 is 10.3 Å². The summed E-state index contributed by atoms with van der Waals surface area (Å²) in [5.41, 5.74) is 4.99. The molecule has 8 heteroatoms. The van der Waals surface area contributed by atoms with Gasteiger partial charge in [0.05, 0.1) is 5.57 Å². The van der Waals surface area contributed by atoms with E-state index in [2.05, 4.69) is 15.0 Å². The summed E-state index contributed by atoms with van der Waals surface area (Å²) in [6, 6.07) is 19.8. The largest absolute Gasteiger partial charge is 0.362 e. The Morgan fingerprint density at radius 1 is 0.968 bits per heavy atom. The van der Waals surface area contributed by atoms with Gasteiger partial charge in [-0.15, -0.1) is 11.3 Å². The van der Waals surface area contributed by atoms with Crippen LogP contribution in [0.25, 0.3) is 22.8 Å². The van der Waals surface area contributed by atoms with Crippen LogP contribution in [0.15, 0.2) is 82.5 Å². The number of carbonyl (C=O) groups excluding carboxylic acids is 1. The van der Waals surface area contributed by atoms with E-state index in [0.29, 0.717) is 11.3 Å². The number of thiophene rings is 1. The SMILES string of the molecule is O=C1Nc2cccc(-c3cccc(NS(=O)(=O)c4cccs4)c3)c2C1=Cc1ccc[nH]1. The molecule has 0 atom stereocenters. The molecule has 6 nitrogen and oxygen atoms in total. The molecule has 0 bridgehead atoms. The molecule has 0 spiro atoms. The van der Waals surface area contributed by atoms with Crippen molar-refractivity contribution in [1.29, 1.82) is 0 Å². The molecule has 2 aromatic carbocycles. The summed E-state index contributed by atoms with van der Waals surface area (Å²) in [7, 11) is -3.65. The lowest BCUT2D eigenvalue weighted by Gasteiger charge is -2.11. The summed E-state index contributed by atoms with van der Waals surface area (Å²) < 4.78 is 28.1. The lowest BCUT2D eigenvalue weighted by atomic mass is 9.94. The number of hydrogen-bond donors (Lipinski definition) is 3. The van der Waals surface area contributed by atoms with Gasteiger partial charge in [-0.05, 0) is 59.0 Å². The minimum absolute atomic E-state index is 0.174. The highest BCUT2D eigenvalue weighted by Gasteiger charge is 2.27. The van der Waals surface area contributed by atoms with E-state index in [1.165, 1.54) is 0 Å². The summed E-state index contributed by atoms with van der Waals surface area (Å²) >= 11 is 1.16. The van der Waals surface area contributed by atoms with Gasteiger partial charge in [-0.1, -0.05) is 30.3 Å². The van der Waals surface area contributed by atoms with Crippen molar-refractivity contribution in [3.63, 3.8) is 0 Å². The van der Waals surface area contributed by atoms with E-state index < -0.39 is 10.0 Å². The molecular weight excluding hydrogens is 430 g/mol. The molecule has 31 heavy (non-hydrogen) atoms. The Kier molecular flexibility index (Phi) is 4.72. The Balaban J connectivity index is 1.57. The highest BCUT2D eigenvalue weighted by Crippen LogP contribution is 2.40. The topological polar surface area (TPSA) is 91.1 Å². The number of sulfonamides is 1. The Morgan fingerprint density at radius 2 is 1.84 bits per heavy atom. The van der Waals surface area contributed by atoms with Crippen LogP contribution in [-0.4, -0.2) is 19.3 Å². The van der Waals surface area contributed by atoms with Crippen LogP contribution in [0.3, 0.4) is 0 Å². The molecule has 1 aliphatic heterocycles. The third-order valence-electron chi connectivity index (χ3n) is 4.93. The Labute approximate surface area is 183 Å². The first-order valence-corrected chi connectivity index (χ1v) is 11.8. The van der Waals surface area contributed by atoms with Crippen molar-refractivity contribution in [2.45, 2.75) is 4.21 Å². The van der Waals surface area contributed by atoms with E-state index in [1.54, 1.807) is 41.9 Å². The first kappa shape index (κ1) is 19.3. The predicted molar refractivity (Wildman–Crippen MR) is 124 cm³/mol. The summed E-state index contributed by atoms with van der Waals surface area (Å²) in [5, 5.41) is 4.63. The number of aromatic nitrogens is 1. The Bertz CT molecular complexity index is 1400. The molecule has 1 aliphatic rings. The quantitative estimate of drug-likeness (QED) is 0.375. The zero-order chi connectivity index (χ0) is 21.4. The molecule has 0 fully saturated rings. The van der Waals surface area contributed by atoms with Crippen molar-refractivity contribution in [1.82, 2.24) is 4.98 Å². The molecule has 154 valence electrons. The number of hydrogen-bond acceptors (Lipinski definition) is 4. The number of fused-ring (bicyclic) bond motifs is 1. The molecule has 0 saturated heterocycles. The van der Waals surface area contributed by atoms with Gasteiger partial charge in [-0.25, -0.2) is 8.42 Å². The second-order valence-electron chi connectivity index (χ2n) is 6.98. The van der Waals surface area contributed by atoms with Gasteiger partial charge in [0.2, 0.25) is 0 Å². The molecule has 2 aromatic heterocycles. The van der Waals surface area contributed by atoms with Crippen molar-refractivity contribution in [2.75, 3.05) is 10.0 Å². The summed E-state index contributed by atoms with van der Waals surface area (Å²) in [4.78, 5) is 15.7. The maximum absolute atomic E-state index is 12.6. The Morgan fingerprint density at radius 3 is 2.61 bits per heavy atom. The van der Waals surface area contributed by atoms with E-state index in [4.69, 9.17) is 0 Å². The van der Waals surface area contributed by atoms with E-state index >= 15 is 0 Å². The van der Waals surface area contributed by atoms with Crippen LogP contribution in [0.2, 0.25) is 0 Å². The average molecular weight is 448 g/mol. The average Bonchev–Trinajstić information content (AvgIpc) is 3.50. The molecule has 1 amide bonds. The van der Waals surface area contributed by atoms with E-state index in [-0.39, 0.29) is 10.1 Å². The number of anilines is 2. The lowest BCUT2D eigenvalue weighted by Crippen LogP contribution is -2.11. The fraction of sp³-hybridized carbons (Fsp3) is 0. The van der Waals surface area contributed by atoms with Gasteiger partial charge in [-0.2, -0.15) is 0 Å². The Hall–Kier alpha value is -3.62. The van der Waals surface area contributed by atoms with Gasteiger partial charge >= 0.3 is 0 Å². The number of benzene rings is 2. The fourth-order valence-corrected chi connectivity index (χ4v) is 5.63. The normalized spacial score (nSPS) is 14.5. The predicted octanol–water partition coefficient (Wildman–Crippen LogP) is 5.04. The van der Waals surface area contributed by atoms with E-state index in [0.717, 1.165) is 39.4 Å². The van der Waals surface area contributed by atoms with Crippen LogP contribution in [0.5, 0.6) is 0 Å². The van der Waals surface area contributed by atoms with Crippen molar-refractivity contribution in [2.24, 2.45) is 0 Å². The highest BCUT2D eigenvalue weighted by atomic mass is 32.2. The fourth-order valence-electron chi connectivity index (χ4n) is 3.59. The van der Waals surface area contributed by atoms with Gasteiger partial charge in [0.25, 0.3) is 15.9 Å². The second kappa shape index (κ2) is 7.57. The number of rotatable bonds is 5. The van der Waals surface area contributed by atoms with Crippen LogP contribution < -0.4 is 10.0 Å². The molecule has 3 N–H and O–H groups in total. The van der Waals surface area contributed by atoms with E-state index in [9.17, 15) is 13.2 Å². The highest BCUT2D eigenvalue weighted by molar-refractivity contribution is 7.94. The smallest absolute Gasteiger partial charge is 0.271 e. The van der Waals surface area contributed by atoms with Gasteiger partial charge in [0.1, 0.15) is 4.21 Å². The third kappa shape index (κ3) is 3.67. The molecule has 3 heterocycles. The monoisotopic (exact) mass is 447 g/mol. The molecule has 5 rings (SSSR count). The first-order valence-electron chi connectivity index (χ1n) is 9.48. The van der Waals surface area contributed by atoms with E-state index in [1.807, 2.05) is 42.5 Å². The number of amides is 1. The zero-order valence-electron chi connectivity index (χ0n) is 16.1. The maximum Gasteiger partial charge on any atom is 0.271 e. The van der Waals surface area contributed by atoms with Crippen LogP contribution in [0.1, 0.15) is 11.3 Å². The van der Waals surface area contributed by atoms with Crippen LogP contribution in [0, 0.1) is 0 Å². The molecular formula is C23H17N3O3S2. The minimum atomic E-state index is -3.65. The standard InChI is InChI=1S/C23H17N3O3S2/c27-23-19(14-16-7-3-11-24-16)22-18(8-2-9-20(22)25-23)15-5-1-6-17(13-15)26-31(28,29)21-10-4-12-30-21/h1-14,24,26H,(H,25,27). The summed E-state index contributed by atoms with van der Waals surface area (Å²) in [6.45, 7) is 0. The van der Waals surface area contributed by atoms with Crippen LogP contribution in [0.4, 0.5) is 11.4 Å². The summed E-state index contributed by atoms with van der Waals surface area (Å²) in [6.07, 6.45) is 3.61. The van der Waals surface area contributed by atoms with Crippen molar-refractivity contribution >= 4 is 50.3 Å². The molecule has 0 unspecified atom stereocenters. The number of nitrogens with one attached hydrogen (secondary N) is 3. The van der Waals surface area contributed by atoms with Gasteiger partial charge in [0, 0.05) is 28.8 Å². The molecule has 0 saturated carbocycles. The molecule has 0 aliphatic carbocycles. The maximum atomic E-state index is 12.6. The lowest BCUT2D eigenvalue weighted by molar-refractivity contribution is -0.110. The molecule has 4 aromatic rings. The number of H-pyrrole nitrogens is 1. The number of carbonyl (C=O) groups is 1. The van der Waals surface area contributed by atoms with Crippen molar-refractivity contribution in [3.05, 3.63) is 89.6 Å². The summed E-state index contributed by atoms with van der Waals surface area (Å²) in [5.74, 6) is -0.174. The van der Waals surface area contributed by atoms with Gasteiger partial charge in [0.15, 0.2) is 0 Å². The van der Waals surface area contributed by atoms with Crippen molar-refractivity contribution < 1.29 is 13.2 Å². The molecule has 0 radical (unpaired) electrons. The second-order valence-corrected chi connectivity index (χ2v) is 9.84. The third-order valence-corrected chi connectivity index (χ3v) is 7.71. The number of aromatic amines is 1. The van der Waals surface area contributed by atoms with Gasteiger partial charge in [-0.3, -0.25) is 9.52 Å². The minimum Gasteiger partial charge on any atom is -0.362 e. The van der Waals surface area contributed by atoms with Crippen LogP contribution >= 0.6 is 11.3 Å². The first-order chi connectivity index (χ1) is 15.0.